The van der Waals surface area contributed by atoms with Gasteiger partial charge in [-0.05, 0) is 31.9 Å². The average Bonchev–Trinajstić information content (AvgIpc) is 2.49. The summed E-state index contributed by atoms with van der Waals surface area (Å²) in [5.74, 6) is 0.138. The van der Waals surface area contributed by atoms with Gasteiger partial charge in [-0.15, -0.1) is 0 Å². The smallest absolute Gasteiger partial charge is 0.296 e. The van der Waals surface area contributed by atoms with Crippen LogP contribution in [0.4, 0.5) is 11.4 Å². The van der Waals surface area contributed by atoms with Crippen LogP contribution >= 0.6 is 0 Å². The quantitative estimate of drug-likeness (QED) is 0.549. The van der Waals surface area contributed by atoms with Crippen LogP contribution in [0.25, 0.3) is 0 Å². The van der Waals surface area contributed by atoms with Crippen molar-refractivity contribution < 1.29 is 14.5 Å². The van der Waals surface area contributed by atoms with E-state index < -0.39 is 4.92 Å². The number of carbonyl (C=O) groups excluding carboxylic acids is 1. The molecular weight excluding hydrogens is 284 g/mol. The van der Waals surface area contributed by atoms with E-state index in [1.54, 1.807) is 13.0 Å². The minimum absolute atomic E-state index is 0.119. The fourth-order valence-electron chi connectivity index (χ4n) is 2.23. The molecule has 1 amide bonds. The molecule has 0 aliphatic carbocycles. The van der Waals surface area contributed by atoms with Crippen molar-refractivity contribution in [3.05, 3.63) is 28.3 Å². The Morgan fingerprint density at radius 1 is 1.36 bits per heavy atom. The maximum absolute atomic E-state index is 12.3. The molecule has 0 heterocycles. The Hall–Kier alpha value is -2.11. The Balaban J connectivity index is 2.91. The highest BCUT2D eigenvalue weighted by Crippen LogP contribution is 2.30. The van der Waals surface area contributed by atoms with Crippen molar-refractivity contribution in [1.29, 1.82) is 0 Å². The minimum Gasteiger partial charge on any atom is -0.494 e. The molecule has 0 radical (unpaired) electrons. The van der Waals surface area contributed by atoms with Crippen molar-refractivity contribution in [1.82, 2.24) is 0 Å². The SMILES string of the molecule is CCCCC(CC)C(=O)Nc1ccc(OCC)cc1[N+](=O)[O-]. The summed E-state index contributed by atoms with van der Waals surface area (Å²) in [5, 5.41) is 13.9. The van der Waals surface area contributed by atoms with Crippen LogP contribution in [0.2, 0.25) is 0 Å². The Labute approximate surface area is 131 Å². The molecule has 1 N–H and O–H groups in total. The lowest BCUT2D eigenvalue weighted by Crippen LogP contribution is -2.22. The Bertz CT molecular complexity index is 517. The zero-order valence-electron chi connectivity index (χ0n) is 13.4. The number of carbonyl (C=O) groups is 1. The molecular formula is C16H24N2O4. The third kappa shape index (κ3) is 5.02. The van der Waals surface area contributed by atoms with Gasteiger partial charge in [0.05, 0.1) is 17.6 Å². The number of benzene rings is 1. The number of ether oxygens (including phenoxy) is 1. The summed E-state index contributed by atoms with van der Waals surface area (Å²) in [5.41, 5.74) is 0.0676. The molecule has 0 saturated carbocycles. The van der Waals surface area contributed by atoms with Crippen LogP contribution in [0, 0.1) is 16.0 Å². The van der Waals surface area contributed by atoms with E-state index in [0.29, 0.717) is 12.4 Å². The predicted octanol–water partition coefficient (Wildman–Crippen LogP) is 4.15. The minimum atomic E-state index is -0.509. The molecule has 1 unspecified atom stereocenters. The molecule has 22 heavy (non-hydrogen) atoms. The highest BCUT2D eigenvalue weighted by atomic mass is 16.6. The van der Waals surface area contributed by atoms with Gasteiger partial charge in [0.15, 0.2) is 0 Å². The number of rotatable bonds is 9. The first kappa shape index (κ1) is 17.9. The molecule has 0 fully saturated rings. The average molecular weight is 308 g/mol. The van der Waals surface area contributed by atoms with Crippen molar-refractivity contribution in [2.75, 3.05) is 11.9 Å². The van der Waals surface area contributed by atoms with Gasteiger partial charge in [-0.3, -0.25) is 14.9 Å². The molecule has 0 aliphatic rings. The van der Waals surface area contributed by atoms with E-state index in [1.165, 1.54) is 12.1 Å². The first-order chi connectivity index (χ1) is 10.5. The molecule has 0 spiro atoms. The first-order valence-corrected chi connectivity index (χ1v) is 7.75. The van der Waals surface area contributed by atoms with Gasteiger partial charge in [0.25, 0.3) is 5.69 Å². The Morgan fingerprint density at radius 2 is 2.09 bits per heavy atom. The summed E-state index contributed by atoms with van der Waals surface area (Å²) >= 11 is 0. The number of nitro benzene ring substituents is 1. The highest BCUT2D eigenvalue weighted by Gasteiger charge is 2.21. The normalized spacial score (nSPS) is 11.8. The van der Waals surface area contributed by atoms with Crippen LogP contribution in [0.15, 0.2) is 18.2 Å². The highest BCUT2D eigenvalue weighted by molar-refractivity contribution is 5.94. The maximum atomic E-state index is 12.3. The van der Waals surface area contributed by atoms with E-state index in [2.05, 4.69) is 12.2 Å². The van der Waals surface area contributed by atoms with Crippen molar-refractivity contribution in [3.8, 4) is 5.75 Å². The molecule has 0 aliphatic heterocycles. The summed E-state index contributed by atoms with van der Waals surface area (Å²) in [4.78, 5) is 22.9. The topological polar surface area (TPSA) is 81.5 Å². The molecule has 6 heteroatoms. The summed E-state index contributed by atoms with van der Waals surface area (Å²) < 4.78 is 5.26. The molecule has 0 saturated heterocycles. The summed E-state index contributed by atoms with van der Waals surface area (Å²) in [6, 6.07) is 4.48. The molecule has 1 rings (SSSR count). The number of anilines is 1. The van der Waals surface area contributed by atoms with Crippen LogP contribution < -0.4 is 10.1 Å². The van der Waals surface area contributed by atoms with Crippen molar-refractivity contribution in [2.24, 2.45) is 5.92 Å². The zero-order valence-corrected chi connectivity index (χ0v) is 13.4. The molecule has 0 bridgehead atoms. The van der Waals surface area contributed by atoms with Gasteiger partial charge in [-0.2, -0.15) is 0 Å². The van der Waals surface area contributed by atoms with Gasteiger partial charge in [0.1, 0.15) is 11.4 Å². The van der Waals surface area contributed by atoms with Gasteiger partial charge >= 0.3 is 0 Å². The molecule has 0 aromatic heterocycles. The van der Waals surface area contributed by atoms with Gasteiger partial charge in [0, 0.05) is 5.92 Å². The summed E-state index contributed by atoms with van der Waals surface area (Å²) in [6.45, 7) is 6.26. The second kappa shape index (κ2) is 9.02. The largest absolute Gasteiger partial charge is 0.494 e. The van der Waals surface area contributed by atoms with Crippen molar-refractivity contribution >= 4 is 17.3 Å². The number of nitrogens with one attached hydrogen (secondary N) is 1. The molecule has 6 nitrogen and oxygen atoms in total. The third-order valence-electron chi connectivity index (χ3n) is 3.50. The lowest BCUT2D eigenvalue weighted by atomic mass is 9.98. The number of nitrogens with zero attached hydrogens (tertiary/aromatic N) is 1. The van der Waals surface area contributed by atoms with Gasteiger partial charge in [-0.25, -0.2) is 0 Å². The van der Waals surface area contributed by atoms with E-state index in [4.69, 9.17) is 4.74 Å². The van der Waals surface area contributed by atoms with Crippen LogP contribution in [-0.2, 0) is 4.79 Å². The van der Waals surface area contributed by atoms with Crippen LogP contribution in [-0.4, -0.2) is 17.4 Å². The molecule has 1 aromatic rings. The number of hydrogen-bond acceptors (Lipinski definition) is 4. The monoisotopic (exact) mass is 308 g/mol. The number of hydrogen-bond donors (Lipinski definition) is 1. The standard InChI is InChI=1S/C16H24N2O4/c1-4-7-8-12(5-2)16(19)17-14-10-9-13(22-6-3)11-15(14)18(20)21/h9-12H,4-8H2,1-3H3,(H,17,19). The van der Waals surface area contributed by atoms with E-state index in [0.717, 1.165) is 25.7 Å². The lowest BCUT2D eigenvalue weighted by molar-refractivity contribution is -0.384. The van der Waals surface area contributed by atoms with E-state index in [-0.39, 0.29) is 23.2 Å². The first-order valence-electron chi connectivity index (χ1n) is 7.75. The maximum Gasteiger partial charge on any atom is 0.296 e. The van der Waals surface area contributed by atoms with Gasteiger partial charge < -0.3 is 10.1 Å². The Kier molecular flexibility index (Phi) is 7.36. The van der Waals surface area contributed by atoms with Crippen LogP contribution in [0.5, 0.6) is 5.75 Å². The van der Waals surface area contributed by atoms with E-state index in [9.17, 15) is 14.9 Å². The summed E-state index contributed by atoms with van der Waals surface area (Å²) in [6.07, 6.45) is 3.50. The van der Waals surface area contributed by atoms with Gasteiger partial charge in [-0.1, -0.05) is 26.7 Å². The predicted molar refractivity (Wildman–Crippen MR) is 86.2 cm³/mol. The fourth-order valence-corrected chi connectivity index (χ4v) is 2.23. The number of unbranched alkanes of at least 4 members (excludes halogenated alkanes) is 1. The molecule has 1 aromatic carbocycles. The molecule has 122 valence electrons. The lowest BCUT2D eigenvalue weighted by Gasteiger charge is -2.15. The Morgan fingerprint density at radius 3 is 2.64 bits per heavy atom. The van der Waals surface area contributed by atoms with E-state index >= 15 is 0 Å². The second-order valence-corrected chi connectivity index (χ2v) is 5.11. The fraction of sp³-hybridized carbons (Fsp3) is 0.562. The third-order valence-corrected chi connectivity index (χ3v) is 3.50. The van der Waals surface area contributed by atoms with E-state index in [1.807, 2.05) is 6.92 Å². The second-order valence-electron chi connectivity index (χ2n) is 5.11. The molecule has 1 atom stereocenters. The zero-order chi connectivity index (χ0) is 16.5. The van der Waals surface area contributed by atoms with Crippen LogP contribution in [0.1, 0.15) is 46.5 Å². The van der Waals surface area contributed by atoms with Crippen molar-refractivity contribution in [3.63, 3.8) is 0 Å². The van der Waals surface area contributed by atoms with Crippen molar-refractivity contribution in [2.45, 2.75) is 46.5 Å². The number of nitro groups is 1. The van der Waals surface area contributed by atoms with Gasteiger partial charge in [0.2, 0.25) is 5.91 Å². The summed E-state index contributed by atoms with van der Waals surface area (Å²) in [7, 11) is 0. The number of amides is 1. The van der Waals surface area contributed by atoms with Crippen LogP contribution in [0.3, 0.4) is 0 Å².